The number of hydrogen-bond acceptors (Lipinski definition) is 7. The summed E-state index contributed by atoms with van der Waals surface area (Å²) in [6.45, 7) is 0.845. The Kier molecular flexibility index (Phi) is 19.5. The summed E-state index contributed by atoms with van der Waals surface area (Å²) in [5.74, 6) is -1.96. The van der Waals surface area contributed by atoms with Gasteiger partial charge in [-0.2, -0.15) is 8.42 Å². The van der Waals surface area contributed by atoms with Crippen molar-refractivity contribution in [2.75, 3.05) is 24.9 Å². The number of carbonyl (C=O) groups is 2. The van der Waals surface area contributed by atoms with Gasteiger partial charge in [-0.3, -0.25) is 9.35 Å². The first-order valence-corrected chi connectivity index (χ1v) is 13.0. The maximum Gasteiger partial charge on any atom is 1.00 e. The average molecular weight is 511 g/mol. The van der Waals surface area contributed by atoms with Crippen molar-refractivity contribution in [2.24, 2.45) is 0 Å². The maximum absolute atomic E-state index is 11.7. The molecule has 0 atom stereocenters. The van der Waals surface area contributed by atoms with Gasteiger partial charge in [0.2, 0.25) is 5.94 Å². The topological polar surface area (TPSA) is 119 Å². The molecule has 1 rings (SSSR count). The van der Waals surface area contributed by atoms with Crippen LogP contribution in [0.25, 0.3) is 0 Å². The molecule has 1 aromatic rings. The third-order valence-corrected chi connectivity index (χ3v) is 5.49. The number of unbranched alkanes of at least 4 members (excludes halogenated alkanes) is 10. The molecule has 8 nitrogen and oxygen atoms in total. The fraction of sp³-hybridized carbons (Fsp3) is 0.652. The van der Waals surface area contributed by atoms with Crippen molar-refractivity contribution in [3.63, 3.8) is 0 Å². The van der Waals surface area contributed by atoms with Gasteiger partial charge in [0.1, 0.15) is 0 Å². The van der Waals surface area contributed by atoms with Gasteiger partial charge in [-0.25, -0.2) is 4.79 Å². The molecule has 0 heterocycles. The molecule has 0 aliphatic carbocycles. The van der Waals surface area contributed by atoms with Crippen LogP contribution in [0.15, 0.2) is 24.3 Å². The van der Waals surface area contributed by atoms with Crippen molar-refractivity contribution in [3.05, 3.63) is 29.8 Å². The van der Waals surface area contributed by atoms with Crippen molar-refractivity contribution in [3.8, 4) is 0 Å². The smallest absolute Gasteiger partial charge is 0.469 e. The molecule has 182 valence electrons. The van der Waals surface area contributed by atoms with E-state index in [0.717, 1.165) is 31.5 Å². The number of ether oxygens (including phenoxy) is 2. The Balaban J connectivity index is 0.0000102. The number of methoxy groups -OCH3 is 1. The minimum Gasteiger partial charge on any atom is -0.469 e. The predicted molar refractivity (Wildman–Crippen MR) is 124 cm³/mol. The zero-order valence-corrected chi connectivity index (χ0v) is 24.0. The van der Waals surface area contributed by atoms with Crippen molar-refractivity contribution < 1.29 is 83.4 Å². The van der Waals surface area contributed by atoms with Crippen molar-refractivity contribution in [1.82, 2.24) is 0 Å². The van der Waals surface area contributed by atoms with E-state index in [2.05, 4.69) is 14.8 Å². The third-order valence-electron chi connectivity index (χ3n) is 5.07. The largest absolute Gasteiger partial charge is 1.00 e. The average Bonchev–Trinajstić information content (AvgIpc) is 2.77. The van der Waals surface area contributed by atoms with Crippen LogP contribution in [0.5, 0.6) is 0 Å². The number of esters is 2. The Bertz CT molecular complexity index is 770. The van der Waals surface area contributed by atoms with Gasteiger partial charge in [-0.05, 0) is 37.1 Å². The van der Waals surface area contributed by atoms with Crippen LogP contribution in [-0.2, 0) is 24.4 Å². The first kappa shape index (κ1) is 32.5. The maximum atomic E-state index is 11.7. The van der Waals surface area contributed by atoms with Crippen LogP contribution in [0.1, 0.15) is 87.4 Å². The Morgan fingerprint density at radius 2 is 1.33 bits per heavy atom. The third kappa shape index (κ3) is 18.5. The standard InChI is InChI=1S/C23H37NO7S.K/c1-30-22(25)13-11-9-7-5-3-2-4-6-8-10-12-18-24-21-16-14-20(15-17-21)23(26)31-19-32(27,28)29;/h14-17,24H,2-13,18-19H2,1H3,(H,27,28,29);/q;+1. The number of nitrogens with one attached hydrogen (secondary N) is 1. The molecule has 0 fully saturated rings. The van der Waals surface area contributed by atoms with Crippen LogP contribution < -0.4 is 56.7 Å². The zero-order chi connectivity index (χ0) is 23.7. The van der Waals surface area contributed by atoms with E-state index in [-0.39, 0.29) is 62.9 Å². The molecule has 0 saturated heterocycles. The summed E-state index contributed by atoms with van der Waals surface area (Å²) < 4.78 is 39.0. The Hall–Kier alpha value is -0.494. The molecule has 33 heavy (non-hydrogen) atoms. The Morgan fingerprint density at radius 1 is 0.848 bits per heavy atom. The van der Waals surface area contributed by atoms with E-state index in [1.807, 2.05) is 0 Å². The summed E-state index contributed by atoms with van der Waals surface area (Å²) in [7, 11) is -2.91. The quantitative estimate of drug-likeness (QED) is 0.133. The molecule has 0 spiro atoms. The molecule has 0 bridgehead atoms. The van der Waals surface area contributed by atoms with Crippen LogP contribution in [0.3, 0.4) is 0 Å². The molecule has 0 aliphatic rings. The first-order valence-electron chi connectivity index (χ1n) is 11.3. The fourth-order valence-electron chi connectivity index (χ4n) is 3.26. The van der Waals surface area contributed by atoms with Crippen LogP contribution in [0, 0.1) is 0 Å². The monoisotopic (exact) mass is 510 g/mol. The summed E-state index contributed by atoms with van der Waals surface area (Å²) in [5, 5.41) is 3.30. The van der Waals surface area contributed by atoms with Gasteiger partial charge in [-0.1, -0.05) is 57.8 Å². The normalized spacial score (nSPS) is 10.8. The van der Waals surface area contributed by atoms with Crippen molar-refractivity contribution in [1.29, 1.82) is 0 Å². The van der Waals surface area contributed by atoms with Crippen LogP contribution in [0.4, 0.5) is 5.69 Å². The van der Waals surface area contributed by atoms with E-state index < -0.39 is 22.0 Å². The first-order chi connectivity index (χ1) is 15.3. The van der Waals surface area contributed by atoms with Crippen molar-refractivity contribution in [2.45, 2.75) is 77.0 Å². The Morgan fingerprint density at radius 3 is 1.82 bits per heavy atom. The van der Waals surface area contributed by atoms with Crippen LogP contribution in [-0.4, -0.2) is 44.5 Å². The van der Waals surface area contributed by atoms with Crippen LogP contribution >= 0.6 is 0 Å². The summed E-state index contributed by atoms with van der Waals surface area (Å²) >= 11 is 0. The van der Waals surface area contributed by atoms with Gasteiger partial charge < -0.3 is 14.8 Å². The molecular formula is C23H37KNO7S+. The van der Waals surface area contributed by atoms with Gasteiger partial charge in [-0.15, -0.1) is 0 Å². The molecule has 0 saturated carbocycles. The second-order valence-electron chi connectivity index (χ2n) is 7.85. The number of rotatable bonds is 18. The summed E-state index contributed by atoms with van der Waals surface area (Å²) in [6.07, 6.45) is 13.5. The zero-order valence-electron chi connectivity index (χ0n) is 20.0. The molecule has 0 aromatic heterocycles. The minimum atomic E-state index is -4.34. The molecular weight excluding hydrogens is 473 g/mol. The fourth-order valence-corrected chi connectivity index (χ4v) is 3.51. The van der Waals surface area contributed by atoms with Gasteiger partial charge in [0.15, 0.2) is 0 Å². The van der Waals surface area contributed by atoms with E-state index in [1.54, 1.807) is 24.3 Å². The number of anilines is 1. The van der Waals surface area contributed by atoms with Gasteiger partial charge >= 0.3 is 73.4 Å². The summed E-state index contributed by atoms with van der Waals surface area (Å²) in [4.78, 5) is 22.7. The number of hydrogen-bond donors (Lipinski definition) is 2. The number of benzene rings is 1. The molecule has 2 N–H and O–H groups in total. The van der Waals surface area contributed by atoms with Gasteiger partial charge in [0.05, 0.1) is 12.7 Å². The molecule has 0 amide bonds. The van der Waals surface area contributed by atoms with E-state index in [4.69, 9.17) is 4.55 Å². The molecule has 0 unspecified atom stereocenters. The number of carbonyl (C=O) groups excluding carboxylic acids is 2. The summed E-state index contributed by atoms with van der Waals surface area (Å²) in [6, 6.07) is 6.57. The SMILES string of the molecule is COC(=O)CCCCCCCCCCCCCNc1ccc(C(=O)OCS(=O)(=O)O)cc1.[K+]. The second kappa shape index (κ2) is 19.8. The summed E-state index contributed by atoms with van der Waals surface area (Å²) in [5.41, 5.74) is 1.10. The van der Waals surface area contributed by atoms with Crippen LogP contribution in [0.2, 0.25) is 0 Å². The molecule has 0 radical (unpaired) electrons. The van der Waals surface area contributed by atoms with E-state index >= 15 is 0 Å². The molecule has 1 aromatic carbocycles. The van der Waals surface area contributed by atoms with E-state index in [9.17, 15) is 18.0 Å². The van der Waals surface area contributed by atoms with Gasteiger partial charge in [0, 0.05) is 18.7 Å². The molecule has 0 aliphatic heterocycles. The Labute approximate surface area is 240 Å². The van der Waals surface area contributed by atoms with E-state index in [0.29, 0.717) is 6.42 Å². The van der Waals surface area contributed by atoms with E-state index in [1.165, 1.54) is 58.5 Å². The second-order valence-corrected chi connectivity index (χ2v) is 9.25. The molecule has 10 heteroatoms. The van der Waals surface area contributed by atoms with Gasteiger partial charge in [0.25, 0.3) is 0 Å². The predicted octanol–water partition coefficient (Wildman–Crippen LogP) is 1.96. The van der Waals surface area contributed by atoms with Crippen molar-refractivity contribution >= 4 is 27.7 Å². The minimum absolute atomic E-state index is 0.